The molecule has 1 aliphatic rings. The first kappa shape index (κ1) is 17.7. The molecule has 0 aliphatic carbocycles. The van der Waals surface area contributed by atoms with Crippen molar-refractivity contribution in [3.05, 3.63) is 77.9 Å². The Kier molecular flexibility index (Phi) is 4.39. The largest absolute Gasteiger partial charge is 0.337 e. The summed E-state index contributed by atoms with van der Waals surface area (Å²) in [5, 5.41) is 12.0. The number of hydrogen-bond acceptors (Lipinski definition) is 3. The number of fused-ring (bicyclic) bond motifs is 1. The standard InChI is InChI=1S/C23H23N5O/c1-16-7-9-17(10-8-16)20-14-24-25-22(20)18-5-4-11-27(15-18)23(29)21-13-19-6-2-3-12-28(19)26-21/h2-3,6-10,12-14,18H,4-5,11,15H2,1H3,(H,24,25)/t18-/m1/s1. The highest BCUT2D eigenvalue weighted by Crippen LogP contribution is 2.33. The van der Waals surface area contributed by atoms with Gasteiger partial charge in [-0.15, -0.1) is 0 Å². The number of rotatable bonds is 3. The first-order chi connectivity index (χ1) is 14.2. The van der Waals surface area contributed by atoms with E-state index in [9.17, 15) is 4.79 Å². The van der Waals surface area contributed by atoms with Crippen molar-refractivity contribution in [2.24, 2.45) is 0 Å². The van der Waals surface area contributed by atoms with Crippen LogP contribution in [-0.2, 0) is 0 Å². The van der Waals surface area contributed by atoms with Gasteiger partial charge in [-0.1, -0.05) is 35.9 Å². The molecule has 4 aromatic rings. The van der Waals surface area contributed by atoms with Crippen LogP contribution in [0.5, 0.6) is 0 Å². The SMILES string of the molecule is Cc1ccc(-c2cn[nH]c2[C@@H]2CCCN(C(=O)c3cc4ccccn4n3)C2)cc1. The first-order valence-electron chi connectivity index (χ1n) is 10.0. The smallest absolute Gasteiger partial charge is 0.274 e. The van der Waals surface area contributed by atoms with Gasteiger partial charge in [-0.3, -0.25) is 9.89 Å². The maximum absolute atomic E-state index is 13.1. The number of aromatic nitrogens is 4. The summed E-state index contributed by atoms with van der Waals surface area (Å²) >= 11 is 0. The average Bonchev–Trinajstić information content (AvgIpc) is 3.41. The number of nitrogens with zero attached hydrogens (tertiary/aromatic N) is 4. The normalized spacial score (nSPS) is 17.0. The monoisotopic (exact) mass is 385 g/mol. The van der Waals surface area contributed by atoms with Gasteiger partial charge in [0.1, 0.15) is 0 Å². The number of aromatic amines is 1. The van der Waals surface area contributed by atoms with Gasteiger partial charge < -0.3 is 4.90 Å². The molecule has 0 spiro atoms. The zero-order valence-corrected chi connectivity index (χ0v) is 16.4. The fourth-order valence-electron chi connectivity index (χ4n) is 4.17. The molecule has 29 heavy (non-hydrogen) atoms. The fraction of sp³-hybridized carbons (Fsp3) is 0.261. The Bertz CT molecular complexity index is 1120. The number of likely N-dealkylation sites (tertiary alicyclic amines) is 1. The van der Waals surface area contributed by atoms with Crippen molar-refractivity contribution >= 4 is 11.4 Å². The van der Waals surface area contributed by atoms with Gasteiger partial charge in [0.2, 0.25) is 0 Å². The highest BCUT2D eigenvalue weighted by molar-refractivity contribution is 5.93. The summed E-state index contributed by atoms with van der Waals surface area (Å²) in [6.45, 7) is 3.52. The number of hydrogen-bond donors (Lipinski definition) is 1. The maximum atomic E-state index is 13.1. The molecule has 0 unspecified atom stereocenters. The van der Waals surface area contributed by atoms with Crippen molar-refractivity contribution in [1.82, 2.24) is 24.7 Å². The van der Waals surface area contributed by atoms with Crippen molar-refractivity contribution in [1.29, 1.82) is 0 Å². The number of aryl methyl sites for hydroxylation is 1. The minimum Gasteiger partial charge on any atom is -0.337 e. The lowest BCUT2D eigenvalue weighted by Crippen LogP contribution is -2.39. The molecule has 1 atom stereocenters. The number of amides is 1. The van der Waals surface area contributed by atoms with Crippen LogP contribution in [0.4, 0.5) is 0 Å². The minimum absolute atomic E-state index is 0.00481. The van der Waals surface area contributed by atoms with E-state index < -0.39 is 0 Å². The third-order valence-corrected chi connectivity index (χ3v) is 5.74. The number of nitrogens with one attached hydrogen (secondary N) is 1. The van der Waals surface area contributed by atoms with Crippen molar-refractivity contribution < 1.29 is 4.79 Å². The molecule has 1 amide bonds. The number of pyridine rings is 1. The van der Waals surface area contributed by atoms with Gasteiger partial charge in [-0.05, 0) is 43.5 Å². The summed E-state index contributed by atoms with van der Waals surface area (Å²) in [7, 11) is 0. The molecule has 0 radical (unpaired) electrons. The number of H-pyrrole nitrogens is 1. The van der Waals surface area contributed by atoms with Gasteiger partial charge in [0.15, 0.2) is 5.69 Å². The summed E-state index contributed by atoms with van der Waals surface area (Å²) in [4.78, 5) is 15.0. The molecule has 1 aliphatic heterocycles. The van der Waals surface area contributed by atoms with Crippen LogP contribution >= 0.6 is 0 Å². The zero-order chi connectivity index (χ0) is 19.8. The van der Waals surface area contributed by atoms with Crippen LogP contribution in [-0.4, -0.2) is 43.7 Å². The molecule has 0 saturated carbocycles. The van der Waals surface area contributed by atoms with Crippen molar-refractivity contribution in [3.8, 4) is 11.1 Å². The number of benzene rings is 1. The van der Waals surface area contributed by atoms with Crippen LogP contribution in [0.2, 0.25) is 0 Å². The lowest BCUT2D eigenvalue weighted by molar-refractivity contribution is 0.0699. The van der Waals surface area contributed by atoms with Crippen LogP contribution in [0.15, 0.2) is 60.9 Å². The van der Waals surface area contributed by atoms with E-state index >= 15 is 0 Å². The zero-order valence-electron chi connectivity index (χ0n) is 16.4. The second-order valence-corrected chi connectivity index (χ2v) is 7.75. The molecular formula is C23H23N5O. The second kappa shape index (κ2) is 7.20. The van der Waals surface area contributed by atoms with E-state index in [0.717, 1.165) is 41.7 Å². The Labute approximate surface area is 169 Å². The predicted molar refractivity (Wildman–Crippen MR) is 112 cm³/mol. The summed E-state index contributed by atoms with van der Waals surface area (Å²) in [5.41, 5.74) is 6.06. The van der Waals surface area contributed by atoms with Crippen molar-refractivity contribution in [2.75, 3.05) is 13.1 Å². The van der Waals surface area contributed by atoms with Gasteiger partial charge in [0, 0.05) is 36.5 Å². The number of carbonyl (C=O) groups is 1. The molecule has 1 aromatic carbocycles. The Balaban J connectivity index is 1.39. The van der Waals surface area contributed by atoms with Crippen LogP contribution in [0.25, 0.3) is 16.6 Å². The molecule has 6 heteroatoms. The molecule has 1 fully saturated rings. The maximum Gasteiger partial charge on any atom is 0.274 e. The lowest BCUT2D eigenvalue weighted by atomic mass is 9.90. The third kappa shape index (κ3) is 3.31. The van der Waals surface area contributed by atoms with Crippen molar-refractivity contribution in [2.45, 2.75) is 25.7 Å². The molecule has 0 bridgehead atoms. The molecule has 3 aromatic heterocycles. The van der Waals surface area contributed by atoms with E-state index in [-0.39, 0.29) is 11.8 Å². The lowest BCUT2D eigenvalue weighted by Gasteiger charge is -2.32. The van der Waals surface area contributed by atoms with E-state index in [1.807, 2.05) is 41.6 Å². The van der Waals surface area contributed by atoms with Gasteiger partial charge >= 0.3 is 0 Å². The number of piperidine rings is 1. The van der Waals surface area contributed by atoms with Crippen molar-refractivity contribution in [3.63, 3.8) is 0 Å². The highest BCUT2D eigenvalue weighted by Gasteiger charge is 2.29. The van der Waals surface area contributed by atoms with Crippen LogP contribution in [0.1, 0.15) is 40.5 Å². The highest BCUT2D eigenvalue weighted by atomic mass is 16.2. The van der Waals surface area contributed by atoms with Gasteiger partial charge in [0.05, 0.1) is 11.7 Å². The Hall–Kier alpha value is -3.41. The van der Waals surface area contributed by atoms with Crippen LogP contribution < -0.4 is 0 Å². The predicted octanol–water partition coefficient (Wildman–Crippen LogP) is 4.05. The molecule has 4 heterocycles. The molecule has 146 valence electrons. The van der Waals surface area contributed by atoms with Gasteiger partial charge in [-0.25, -0.2) is 4.52 Å². The van der Waals surface area contributed by atoms with Crippen LogP contribution in [0.3, 0.4) is 0 Å². The summed E-state index contributed by atoms with van der Waals surface area (Å²) in [5.74, 6) is 0.235. The quantitative estimate of drug-likeness (QED) is 0.578. The van der Waals surface area contributed by atoms with E-state index in [4.69, 9.17) is 0 Å². The Morgan fingerprint density at radius 2 is 2.03 bits per heavy atom. The van der Waals surface area contributed by atoms with E-state index in [1.165, 1.54) is 5.56 Å². The topological polar surface area (TPSA) is 66.3 Å². The summed E-state index contributed by atoms with van der Waals surface area (Å²) < 4.78 is 1.75. The molecule has 1 N–H and O–H groups in total. The minimum atomic E-state index is -0.00481. The summed E-state index contributed by atoms with van der Waals surface area (Å²) in [6, 6.07) is 16.2. The molecule has 6 nitrogen and oxygen atoms in total. The molecular weight excluding hydrogens is 362 g/mol. The molecule has 5 rings (SSSR count). The Morgan fingerprint density at radius 3 is 2.86 bits per heavy atom. The van der Waals surface area contributed by atoms with E-state index in [1.54, 1.807) is 4.52 Å². The Morgan fingerprint density at radius 1 is 1.17 bits per heavy atom. The van der Waals surface area contributed by atoms with Gasteiger partial charge in [0.25, 0.3) is 5.91 Å². The second-order valence-electron chi connectivity index (χ2n) is 7.75. The fourth-order valence-corrected chi connectivity index (χ4v) is 4.17. The number of carbonyl (C=O) groups excluding carboxylic acids is 1. The van der Waals surface area contributed by atoms with E-state index in [2.05, 4.69) is 46.5 Å². The third-order valence-electron chi connectivity index (χ3n) is 5.74. The summed E-state index contributed by atoms with van der Waals surface area (Å²) in [6.07, 6.45) is 5.76. The molecule has 1 saturated heterocycles. The average molecular weight is 385 g/mol. The van der Waals surface area contributed by atoms with Crippen LogP contribution in [0, 0.1) is 6.92 Å². The van der Waals surface area contributed by atoms with Gasteiger partial charge in [-0.2, -0.15) is 10.2 Å². The first-order valence-corrected chi connectivity index (χ1v) is 10.0. The van der Waals surface area contributed by atoms with E-state index in [0.29, 0.717) is 12.2 Å².